The van der Waals surface area contributed by atoms with Crippen LogP contribution in [0.25, 0.3) is 0 Å². The monoisotopic (exact) mass is 340 g/mol. The van der Waals surface area contributed by atoms with Crippen molar-refractivity contribution in [2.24, 2.45) is 0 Å². The van der Waals surface area contributed by atoms with Crippen LogP contribution in [0, 0.1) is 12.7 Å². The lowest BCUT2D eigenvalue weighted by Crippen LogP contribution is -2.05. The smallest absolute Gasteiger partial charge is 0.158 e. The van der Waals surface area contributed by atoms with E-state index < -0.39 is 0 Å². The van der Waals surface area contributed by atoms with Gasteiger partial charge in [0.15, 0.2) is 5.82 Å². The number of aromatic nitrogens is 2. The summed E-state index contributed by atoms with van der Waals surface area (Å²) >= 11 is 3.14. The number of halogens is 2. The summed E-state index contributed by atoms with van der Waals surface area (Å²) in [6.45, 7) is 2.13. The topological polar surface area (TPSA) is 73.1 Å². The highest BCUT2D eigenvalue weighted by Crippen LogP contribution is 2.26. The Labute approximate surface area is 124 Å². The van der Waals surface area contributed by atoms with Crippen LogP contribution in [-0.4, -0.2) is 17.1 Å². The van der Waals surface area contributed by atoms with Crippen molar-refractivity contribution < 1.29 is 9.13 Å². The van der Waals surface area contributed by atoms with E-state index in [0.717, 1.165) is 5.56 Å². The lowest BCUT2D eigenvalue weighted by atomic mass is 10.2. The van der Waals surface area contributed by atoms with E-state index in [1.54, 1.807) is 19.2 Å². The van der Waals surface area contributed by atoms with Crippen molar-refractivity contribution in [2.75, 3.05) is 18.2 Å². The Morgan fingerprint density at radius 3 is 2.80 bits per heavy atom. The largest absolute Gasteiger partial charge is 0.384 e. The zero-order chi connectivity index (χ0) is 14.7. The summed E-state index contributed by atoms with van der Waals surface area (Å²) in [7, 11) is 1.55. The van der Waals surface area contributed by atoms with E-state index in [2.05, 4.69) is 31.2 Å². The number of aryl methyl sites for hydroxylation is 1. The Hall–Kier alpha value is -1.73. The number of hydrogen-bond acceptors (Lipinski definition) is 5. The second-order valence-corrected chi connectivity index (χ2v) is 5.09. The number of ether oxygens (including phenoxy) is 1. The predicted molar refractivity (Wildman–Crippen MR) is 79.3 cm³/mol. The standard InChI is InChI=1S/C13H14BrFN4O/c1-7-3-8(14)9(15)4-10(7)17-12-5-11(16)18-13(19-12)6-20-2/h3-5H,6H2,1-2H3,(H3,16,17,18,19). The van der Waals surface area contributed by atoms with Crippen molar-refractivity contribution in [3.05, 3.63) is 39.9 Å². The summed E-state index contributed by atoms with van der Waals surface area (Å²) < 4.78 is 19.0. The molecule has 20 heavy (non-hydrogen) atoms. The summed E-state index contributed by atoms with van der Waals surface area (Å²) in [5.41, 5.74) is 7.20. The van der Waals surface area contributed by atoms with Gasteiger partial charge >= 0.3 is 0 Å². The second-order valence-electron chi connectivity index (χ2n) is 4.23. The average molecular weight is 341 g/mol. The molecule has 7 heteroatoms. The molecule has 0 atom stereocenters. The van der Waals surface area contributed by atoms with E-state index in [0.29, 0.717) is 27.6 Å². The Morgan fingerprint density at radius 1 is 1.35 bits per heavy atom. The lowest BCUT2D eigenvalue weighted by molar-refractivity contribution is 0.178. The maximum absolute atomic E-state index is 13.6. The first-order valence-electron chi connectivity index (χ1n) is 5.84. The van der Waals surface area contributed by atoms with Crippen molar-refractivity contribution >= 4 is 33.3 Å². The fourth-order valence-corrected chi connectivity index (χ4v) is 2.15. The van der Waals surface area contributed by atoms with E-state index in [1.807, 2.05) is 6.92 Å². The van der Waals surface area contributed by atoms with Gasteiger partial charge in [-0.1, -0.05) is 0 Å². The molecule has 0 aliphatic heterocycles. The van der Waals surface area contributed by atoms with Crippen molar-refractivity contribution in [1.82, 2.24) is 9.97 Å². The van der Waals surface area contributed by atoms with Gasteiger partial charge in [0.1, 0.15) is 24.1 Å². The molecule has 0 saturated carbocycles. The van der Waals surface area contributed by atoms with Crippen molar-refractivity contribution in [3.63, 3.8) is 0 Å². The number of nitrogens with one attached hydrogen (secondary N) is 1. The zero-order valence-electron chi connectivity index (χ0n) is 11.1. The Balaban J connectivity index is 2.32. The molecule has 106 valence electrons. The second kappa shape index (κ2) is 6.15. The molecule has 3 N–H and O–H groups in total. The molecule has 0 fully saturated rings. The highest BCUT2D eigenvalue weighted by Gasteiger charge is 2.08. The highest BCUT2D eigenvalue weighted by atomic mass is 79.9. The van der Waals surface area contributed by atoms with Crippen molar-refractivity contribution in [2.45, 2.75) is 13.5 Å². The first kappa shape index (κ1) is 14.7. The normalized spacial score (nSPS) is 10.6. The van der Waals surface area contributed by atoms with Gasteiger partial charge < -0.3 is 15.8 Å². The SMILES string of the molecule is COCc1nc(N)cc(Nc2cc(F)c(Br)cc2C)n1. The van der Waals surface area contributed by atoms with Crippen LogP contribution in [0.1, 0.15) is 11.4 Å². The minimum atomic E-state index is -0.350. The Kier molecular flexibility index (Phi) is 4.51. The molecule has 0 radical (unpaired) electrons. The number of nitrogens with zero attached hydrogens (tertiary/aromatic N) is 2. The number of hydrogen-bond donors (Lipinski definition) is 2. The number of nitrogens with two attached hydrogens (primary N) is 1. The van der Waals surface area contributed by atoms with Gasteiger partial charge in [-0.25, -0.2) is 14.4 Å². The summed E-state index contributed by atoms with van der Waals surface area (Å²) in [5, 5.41) is 3.03. The molecule has 0 bridgehead atoms. The van der Waals surface area contributed by atoms with E-state index in [-0.39, 0.29) is 12.4 Å². The van der Waals surface area contributed by atoms with Crippen LogP contribution in [0.15, 0.2) is 22.7 Å². The number of benzene rings is 1. The fourth-order valence-electron chi connectivity index (χ4n) is 1.69. The molecule has 1 heterocycles. The van der Waals surface area contributed by atoms with Crippen LogP contribution in [0.2, 0.25) is 0 Å². The summed E-state index contributed by atoms with van der Waals surface area (Å²) in [5.74, 6) is 0.932. The fraction of sp³-hybridized carbons (Fsp3) is 0.231. The molecule has 0 aliphatic carbocycles. The molecular weight excluding hydrogens is 327 g/mol. The van der Waals surface area contributed by atoms with E-state index in [4.69, 9.17) is 10.5 Å². The van der Waals surface area contributed by atoms with E-state index >= 15 is 0 Å². The van der Waals surface area contributed by atoms with Crippen LogP contribution >= 0.6 is 15.9 Å². The van der Waals surface area contributed by atoms with Crippen LogP contribution in [0.5, 0.6) is 0 Å². The van der Waals surface area contributed by atoms with E-state index in [9.17, 15) is 4.39 Å². The molecular formula is C13H14BrFN4O. The third-order valence-corrected chi connectivity index (χ3v) is 3.20. The number of nitrogen functional groups attached to an aromatic ring is 1. The maximum Gasteiger partial charge on any atom is 0.158 e. The predicted octanol–water partition coefficient (Wildman–Crippen LogP) is 3.16. The van der Waals surface area contributed by atoms with Gasteiger partial charge in [0.25, 0.3) is 0 Å². The first-order valence-corrected chi connectivity index (χ1v) is 6.64. The number of rotatable bonds is 4. The third kappa shape index (κ3) is 3.43. The van der Waals surface area contributed by atoms with Gasteiger partial charge in [-0.2, -0.15) is 0 Å². The van der Waals surface area contributed by atoms with Crippen molar-refractivity contribution in [1.29, 1.82) is 0 Å². The molecule has 0 amide bonds. The quantitative estimate of drug-likeness (QED) is 0.894. The Bertz CT molecular complexity index is 636. The minimum Gasteiger partial charge on any atom is -0.384 e. The minimum absolute atomic E-state index is 0.257. The molecule has 2 rings (SSSR count). The summed E-state index contributed by atoms with van der Waals surface area (Å²) in [6.07, 6.45) is 0. The van der Waals surface area contributed by atoms with Gasteiger partial charge in [0.2, 0.25) is 0 Å². The molecule has 2 aromatic rings. The van der Waals surface area contributed by atoms with Gasteiger partial charge in [0, 0.05) is 18.9 Å². The molecule has 5 nitrogen and oxygen atoms in total. The molecule has 0 unspecified atom stereocenters. The van der Waals surface area contributed by atoms with Gasteiger partial charge in [-0.15, -0.1) is 0 Å². The lowest BCUT2D eigenvalue weighted by Gasteiger charge is -2.11. The van der Waals surface area contributed by atoms with Gasteiger partial charge in [-0.05, 0) is 40.5 Å². The highest BCUT2D eigenvalue weighted by molar-refractivity contribution is 9.10. The van der Waals surface area contributed by atoms with Crippen LogP contribution in [0.3, 0.4) is 0 Å². The van der Waals surface area contributed by atoms with Gasteiger partial charge in [0.05, 0.1) is 4.47 Å². The molecule has 1 aromatic carbocycles. The zero-order valence-corrected chi connectivity index (χ0v) is 12.7. The summed E-state index contributed by atoms with van der Waals surface area (Å²) in [6, 6.07) is 4.67. The Morgan fingerprint density at radius 2 is 2.10 bits per heavy atom. The molecule has 1 aromatic heterocycles. The molecule has 0 saturated heterocycles. The van der Waals surface area contributed by atoms with E-state index in [1.165, 1.54) is 6.07 Å². The van der Waals surface area contributed by atoms with Crippen LogP contribution in [0.4, 0.5) is 21.7 Å². The van der Waals surface area contributed by atoms with Crippen molar-refractivity contribution in [3.8, 4) is 0 Å². The number of methoxy groups -OCH3 is 1. The maximum atomic E-state index is 13.6. The number of anilines is 3. The molecule has 0 spiro atoms. The third-order valence-electron chi connectivity index (χ3n) is 2.60. The van der Waals surface area contributed by atoms with Crippen LogP contribution in [-0.2, 0) is 11.3 Å². The molecule has 0 aliphatic rings. The average Bonchev–Trinajstić information content (AvgIpc) is 2.35. The van der Waals surface area contributed by atoms with Gasteiger partial charge in [-0.3, -0.25) is 0 Å². The first-order chi connectivity index (χ1) is 9.49. The summed E-state index contributed by atoms with van der Waals surface area (Å²) in [4.78, 5) is 8.29. The van der Waals surface area contributed by atoms with Crippen LogP contribution < -0.4 is 11.1 Å².